The first-order chi connectivity index (χ1) is 11.8. The number of unbranched alkanes of at least 4 members (excludes halogenated alkanes) is 1. The van der Waals surface area contributed by atoms with Crippen molar-refractivity contribution in [3.05, 3.63) is 33.1 Å². The minimum Gasteiger partial charge on any atom is -0.386 e. The summed E-state index contributed by atoms with van der Waals surface area (Å²) in [5.74, 6) is -0.204. The van der Waals surface area contributed by atoms with Gasteiger partial charge < -0.3 is 21.5 Å². The number of nitrogens with one attached hydrogen (secondary N) is 1. The number of nitrogens with zero attached hydrogens (tertiary/aromatic N) is 2. The van der Waals surface area contributed by atoms with E-state index in [0.717, 1.165) is 12.8 Å². The van der Waals surface area contributed by atoms with E-state index in [4.69, 9.17) is 11.5 Å². The topological polar surface area (TPSA) is 147 Å². The van der Waals surface area contributed by atoms with Crippen molar-refractivity contribution in [3.8, 4) is 0 Å². The molecule has 0 unspecified atom stereocenters. The van der Waals surface area contributed by atoms with Crippen molar-refractivity contribution in [2.45, 2.75) is 50.3 Å². The minimum atomic E-state index is -1.31. The molecule has 25 heavy (non-hydrogen) atoms. The van der Waals surface area contributed by atoms with E-state index < -0.39 is 28.9 Å². The largest absolute Gasteiger partial charge is 0.386 e. The van der Waals surface area contributed by atoms with Gasteiger partial charge in [-0.2, -0.15) is 0 Å². The lowest BCUT2D eigenvalue weighted by molar-refractivity contribution is -0.142. The fraction of sp³-hybridized carbons (Fsp3) is 0.688. The van der Waals surface area contributed by atoms with Crippen LogP contribution in [0.4, 0.5) is 0 Å². The Balaban J connectivity index is 2.08. The molecule has 0 saturated carbocycles. The summed E-state index contributed by atoms with van der Waals surface area (Å²) in [6, 6.07) is 0.0894. The molecule has 6 N–H and O–H groups in total. The van der Waals surface area contributed by atoms with Gasteiger partial charge >= 0.3 is 5.69 Å². The third-order valence-electron chi connectivity index (χ3n) is 4.69. The number of likely N-dealkylation sites (tertiary alicyclic amines) is 1. The van der Waals surface area contributed by atoms with Gasteiger partial charge in [-0.15, -0.1) is 0 Å². The zero-order valence-electron chi connectivity index (χ0n) is 14.5. The Bertz CT molecular complexity index is 711. The van der Waals surface area contributed by atoms with Gasteiger partial charge in [0.25, 0.3) is 5.56 Å². The number of hydrogen-bond acceptors (Lipinski definition) is 6. The first-order valence-corrected chi connectivity index (χ1v) is 8.54. The van der Waals surface area contributed by atoms with E-state index in [1.54, 1.807) is 11.8 Å². The van der Waals surface area contributed by atoms with Crippen LogP contribution in [0.3, 0.4) is 0 Å². The van der Waals surface area contributed by atoms with Gasteiger partial charge in [-0.25, -0.2) is 4.79 Å². The molecule has 2 heterocycles. The summed E-state index contributed by atoms with van der Waals surface area (Å²) in [4.78, 5) is 39.4. The number of piperidine rings is 1. The number of carbonyl (C=O) groups excluding carboxylic acids is 1. The molecule has 1 aromatic rings. The highest BCUT2D eigenvalue weighted by atomic mass is 16.3. The Kier molecular flexibility index (Phi) is 6.15. The first kappa shape index (κ1) is 19.4. The van der Waals surface area contributed by atoms with Crippen molar-refractivity contribution in [2.24, 2.45) is 11.5 Å². The lowest BCUT2D eigenvalue weighted by atomic mass is 9.88. The van der Waals surface area contributed by atoms with E-state index in [9.17, 15) is 19.5 Å². The van der Waals surface area contributed by atoms with Crippen LogP contribution in [0.5, 0.6) is 0 Å². The molecule has 140 valence electrons. The molecule has 9 nitrogen and oxygen atoms in total. The van der Waals surface area contributed by atoms with Crippen LogP contribution in [0.1, 0.15) is 38.6 Å². The molecule has 0 aromatic carbocycles. The van der Waals surface area contributed by atoms with Gasteiger partial charge in [0, 0.05) is 18.8 Å². The average molecular weight is 353 g/mol. The highest BCUT2D eigenvalue weighted by molar-refractivity contribution is 5.81. The van der Waals surface area contributed by atoms with E-state index in [1.165, 1.54) is 16.8 Å². The maximum absolute atomic E-state index is 12.5. The van der Waals surface area contributed by atoms with Gasteiger partial charge in [0.2, 0.25) is 5.91 Å². The minimum absolute atomic E-state index is 0.0760. The number of aromatic amines is 1. The number of nitrogens with two attached hydrogens (primary N) is 2. The Morgan fingerprint density at radius 3 is 2.80 bits per heavy atom. The summed E-state index contributed by atoms with van der Waals surface area (Å²) < 4.78 is 1.31. The van der Waals surface area contributed by atoms with Crippen LogP contribution in [0.25, 0.3) is 0 Å². The molecular weight excluding hydrogens is 326 g/mol. The highest BCUT2D eigenvalue weighted by Crippen LogP contribution is 2.30. The number of aliphatic hydroxyl groups is 1. The van der Waals surface area contributed by atoms with Crippen LogP contribution < -0.4 is 22.7 Å². The van der Waals surface area contributed by atoms with Crippen LogP contribution in [0.2, 0.25) is 0 Å². The van der Waals surface area contributed by atoms with E-state index in [1.807, 2.05) is 0 Å². The zero-order chi connectivity index (χ0) is 18.6. The van der Waals surface area contributed by atoms with Crippen molar-refractivity contribution >= 4 is 5.91 Å². The molecular formula is C16H27N5O4. The first-order valence-electron chi connectivity index (χ1n) is 8.54. The molecule has 0 bridgehead atoms. The van der Waals surface area contributed by atoms with Gasteiger partial charge in [0.05, 0.1) is 18.6 Å². The molecule has 1 aliphatic rings. The maximum Gasteiger partial charge on any atom is 0.328 e. The molecule has 1 amide bonds. The van der Waals surface area contributed by atoms with Gasteiger partial charge in [-0.3, -0.25) is 19.1 Å². The monoisotopic (exact) mass is 353 g/mol. The van der Waals surface area contributed by atoms with Crippen molar-refractivity contribution in [1.82, 2.24) is 14.5 Å². The van der Waals surface area contributed by atoms with E-state index in [0.29, 0.717) is 25.9 Å². The van der Waals surface area contributed by atoms with Gasteiger partial charge in [0.15, 0.2) is 0 Å². The molecule has 0 aliphatic carbocycles. The Hall–Kier alpha value is -1.97. The number of H-pyrrole nitrogens is 1. The van der Waals surface area contributed by atoms with Crippen molar-refractivity contribution in [1.29, 1.82) is 0 Å². The molecule has 0 spiro atoms. The Labute approximate surface area is 145 Å². The Morgan fingerprint density at radius 2 is 2.20 bits per heavy atom. The summed E-state index contributed by atoms with van der Waals surface area (Å²) in [5, 5.41) is 10.8. The standard InChI is InChI=1S/C16H27N5O4/c1-16(25)10-20(14(23)11(18)4-2-3-7-17)8-5-12(16)21-9-6-13(22)19-15(21)24/h6,9,11-12,25H,2-5,7-8,10,17-18H2,1H3,(H,19,22,24)/t11-,12+,16+/m0/s1. The second-order valence-corrected chi connectivity index (χ2v) is 6.83. The molecule has 1 saturated heterocycles. The molecule has 1 fully saturated rings. The molecule has 3 atom stereocenters. The fourth-order valence-electron chi connectivity index (χ4n) is 3.33. The van der Waals surface area contributed by atoms with Crippen LogP contribution in [0, 0.1) is 0 Å². The number of aromatic nitrogens is 2. The molecule has 1 aliphatic heterocycles. The van der Waals surface area contributed by atoms with E-state index in [2.05, 4.69) is 4.98 Å². The maximum atomic E-state index is 12.5. The number of carbonyl (C=O) groups is 1. The number of amides is 1. The Morgan fingerprint density at radius 1 is 1.48 bits per heavy atom. The van der Waals surface area contributed by atoms with Crippen LogP contribution >= 0.6 is 0 Å². The predicted octanol–water partition coefficient (Wildman–Crippen LogP) is -1.48. The lowest BCUT2D eigenvalue weighted by Gasteiger charge is -2.44. The quantitative estimate of drug-likeness (QED) is 0.458. The number of hydrogen-bond donors (Lipinski definition) is 4. The fourth-order valence-corrected chi connectivity index (χ4v) is 3.33. The third kappa shape index (κ3) is 4.56. The van der Waals surface area contributed by atoms with E-state index >= 15 is 0 Å². The second-order valence-electron chi connectivity index (χ2n) is 6.83. The summed E-state index contributed by atoms with van der Waals surface area (Å²) in [5.41, 5.74) is 9.02. The number of β-amino-alcohol motifs (C(OH)–C–C–N with tert-alkyl or cyclic N) is 1. The van der Waals surface area contributed by atoms with Crippen LogP contribution in [-0.4, -0.2) is 56.7 Å². The summed E-state index contributed by atoms with van der Waals surface area (Å²) in [6.07, 6.45) is 3.91. The van der Waals surface area contributed by atoms with E-state index in [-0.39, 0.29) is 12.5 Å². The number of rotatable bonds is 6. The normalized spacial score (nSPS) is 25.0. The molecule has 0 radical (unpaired) electrons. The second kappa shape index (κ2) is 7.94. The molecule has 9 heteroatoms. The molecule has 1 aromatic heterocycles. The van der Waals surface area contributed by atoms with Gasteiger partial charge in [0.1, 0.15) is 5.60 Å². The van der Waals surface area contributed by atoms with Crippen LogP contribution in [0.15, 0.2) is 21.9 Å². The summed E-state index contributed by atoms with van der Waals surface area (Å²) >= 11 is 0. The predicted molar refractivity (Wildman–Crippen MR) is 93.1 cm³/mol. The highest BCUT2D eigenvalue weighted by Gasteiger charge is 2.41. The van der Waals surface area contributed by atoms with Crippen molar-refractivity contribution in [2.75, 3.05) is 19.6 Å². The SMILES string of the molecule is C[C@@]1(O)CN(C(=O)[C@@H](N)CCCCN)CC[C@H]1n1ccc(=O)[nH]c1=O. The smallest absolute Gasteiger partial charge is 0.328 e. The van der Waals surface area contributed by atoms with Gasteiger partial charge in [-0.05, 0) is 32.7 Å². The van der Waals surface area contributed by atoms with Crippen LogP contribution in [-0.2, 0) is 4.79 Å². The third-order valence-corrected chi connectivity index (χ3v) is 4.69. The van der Waals surface area contributed by atoms with Crippen molar-refractivity contribution in [3.63, 3.8) is 0 Å². The molecule has 2 rings (SSSR count). The summed E-state index contributed by atoms with van der Waals surface area (Å²) in [6.45, 7) is 2.60. The average Bonchev–Trinajstić information content (AvgIpc) is 2.54. The summed E-state index contributed by atoms with van der Waals surface area (Å²) in [7, 11) is 0. The lowest BCUT2D eigenvalue weighted by Crippen LogP contribution is -2.58. The zero-order valence-corrected chi connectivity index (χ0v) is 14.5. The van der Waals surface area contributed by atoms with Crippen molar-refractivity contribution < 1.29 is 9.90 Å². The van der Waals surface area contributed by atoms with Gasteiger partial charge in [-0.1, -0.05) is 6.42 Å².